The molecule has 2 fully saturated rings. The van der Waals surface area contributed by atoms with Gasteiger partial charge in [-0.05, 0) is 18.1 Å². The lowest BCUT2D eigenvalue weighted by Crippen LogP contribution is -2.45. The maximum absolute atomic E-state index is 13.0. The molecule has 2 rings (SSSR count). The zero-order valence-corrected chi connectivity index (χ0v) is 8.76. The van der Waals surface area contributed by atoms with Gasteiger partial charge in [0.2, 0.25) is 0 Å². The Hall–Kier alpha value is 0.170. The van der Waals surface area contributed by atoms with Gasteiger partial charge >= 0.3 is 0 Å². The highest BCUT2D eigenvalue weighted by molar-refractivity contribution is 8.00. The summed E-state index contributed by atoms with van der Waals surface area (Å²) in [7, 11) is 0. The topological polar surface area (TPSA) is 26.0 Å². The summed E-state index contributed by atoms with van der Waals surface area (Å²) in [5, 5.41) is 0. The van der Waals surface area contributed by atoms with Crippen LogP contribution >= 0.6 is 11.8 Å². The highest BCUT2D eigenvalue weighted by Gasteiger charge is 2.74. The Morgan fingerprint density at radius 1 is 1.38 bits per heavy atom. The van der Waals surface area contributed by atoms with Gasteiger partial charge in [0.15, 0.2) is 0 Å². The first kappa shape index (κ1) is 9.71. The normalized spacial score (nSPS) is 46.4. The van der Waals surface area contributed by atoms with E-state index in [9.17, 15) is 8.78 Å². The molecule has 0 spiro atoms. The minimum Gasteiger partial charge on any atom is -0.320 e. The van der Waals surface area contributed by atoms with E-state index < -0.39 is 11.5 Å². The summed E-state index contributed by atoms with van der Waals surface area (Å²) in [6, 6.07) is 0. The van der Waals surface area contributed by atoms with E-state index in [4.69, 9.17) is 5.73 Å². The average molecular weight is 207 g/mol. The molecule has 1 aliphatic heterocycles. The van der Waals surface area contributed by atoms with Crippen LogP contribution in [0.1, 0.15) is 26.7 Å². The molecule has 2 atom stereocenters. The number of alkyl halides is 2. The van der Waals surface area contributed by atoms with Crippen LogP contribution in [0.2, 0.25) is 0 Å². The van der Waals surface area contributed by atoms with Crippen molar-refractivity contribution >= 4 is 11.8 Å². The largest absolute Gasteiger partial charge is 0.320 e. The van der Waals surface area contributed by atoms with Gasteiger partial charge in [-0.2, -0.15) is 11.8 Å². The fraction of sp³-hybridized carbons (Fsp3) is 1.00. The number of hydrogen-bond acceptors (Lipinski definition) is 2. The van der Waals surface area contributed by atoms with Crippen LogP contribution in [0.15, 0.2) is 0 Å². The van der Waals surface area contributed by atoms with Crippen molar-refractivity contribution in [3.05, 3.63) is 0 Å². The molecule has 1 aliphatic carbocycles. The summed E-state index contributed by atoms with van der Waals surface area (Å²) >= 11 is 1.76. The quantitative estimate of drug-likeness (QED) is 0.713. The molecule has 0 radical (unpaired) electrons. The molecule has 2 unspecified atom stereocenters. The van der Waals surface area contributed by atoms with Crippen LogP contribution in [-0.2, 0) is 0 Å². The van der Waals surface area contributed by atoms with Crippen LogP contribution in [0.3, 0.4) is 0 Å². The summed E-state index contributed by atoms with van der Waals surface area (Å²) in [6.07, 6.45) is 0.721. The van der Waals surface area contributed by atoms with Gasteiger partial charge in [-0.15, -0.1) is 0 Å². The van der Waals surface area contributed by atoms with E-state index in [1.54, 1.807) is 11.8 Å². The molecule has 0 aromatic heterocycles. The Morgan fingerprint density at radius 3 is 2.23 bits per heavy atom. The van der Waals surface area contributed by atoms with Crippen molar-refractivity contribution in [1.82, 2.24) is 0 Å². The van der Waals surface area contributed by atoms with Crippen molar-refractivity contribution in [3.63, 3.8) is 0 Å². The third-order valence-corrected chi connectivity index (χ3v) is 4.88. The van der Waals surface area contributed by atoms with E-state index in [1.165, 1.54) is 0 Å². The third kappa shape index (κ3) is 1.22. The lowest BCUT2D eigenvalue weighted by molar-refractivity contribution is 0.0676. The molecule has 0 aromatic carbocycles. The predicted octanol–water partition coefficient (Wildman–Crippen LogP) is 2.25. The predicted molar refractivity (Wildman–Crippen MR) is 51.1 cm³/mol. The minimum absolute atomic E-state index is 0.0278. The van der Waals surface area contributed by atoms with Crippen molar-refractivity contribution in [1.29, 1.82) is 0 Å². The SMILES string of the molecule is CC1(C)SCCC1C1(N)CC1(F)F. The summed E-state index contributed by atoms with van der Waals surface area (Å²) < 4.78 is 26.0. The smallest absolute Gasteiger partial charge is 0.268 e. The van der Waals surface area contributed by atoms with Crippen molar-refractivity contribution in [2.24, 2.45) is 11.7 Å². The van der Waals surface area contributed by atoms with Crippen LogP contribution in [0, 0.1) is 5.92 Å². The molecule has 4 heteroatoms. The fourth-order valence-corrected chi connectivity index (χ4v) is 3.88. The molecule has 1 saturated heterocycles. The number of hydrogen-bond donors (Lipinski definition) is 1. The zero-order chi connectivity index (χ0) is 9.91. The average Bonchev–Trinajstić information content (AvgIpc) is 2.35. The fourth-order valence-electron chi connectivity index (χ4n) is 2.47. The Balaban J connectivity index is 2.19. The monoisotopic (exact) mass is 207 g/mol. The summed E-state index contributed by atoms with van der Waals surface area (Å²) in [4.78, 5) is 0. The van der Waals surface area contributed by atoms with Crippen molar-refractivity contribution in [2.45, 2.75) is 42.9 Å². The van der Waals surface area contributed by atoms with Gasteiger partial charge in [0, 0.05) is 11.2 Å². The van der Waals surface area contributed by atoms with E-state index in [2.05, 4.69) is 0 Å². The van der Waals surface area contributed by atoms with Gasteiger partial charge in [-0.3, -0.25) is 0 Å². The summed E-state index contributed by atoms with van der Waals surface area (Å²) in [6.45, 7) is 4.05. The van der Waals surface area contributed by atoms with Gasteiger partial charge in [0.05, 0.1) is 5.54 Å². The first-order chi connectivity index (χ1) is 5.80. The molecule has 13 heavy (non-hydrogen) atoms. The van der Waals surface area contributed by atoms with Gasteiger partial charge in [-0.1, -0.05) is 13.8 Å². The number of nitrogens with two attached hydrogens (primary N) is 1. The highest BCUT2D eigenvalue weighted by Crippen LogP contribution is 2.62. The van der Waals surface area contributed by atoms with Crippen molar-refractivity contribution in [2.75, 3.05) is 5.75 Å². The minimum atomic E-state index is -2.61. The number of halogens is 2. The molecule has 1 saturated carbocycles. The molecule has 0 amide bonds. The second-order valence-corrected chi connectivity index (χ2v) is 6.46. The number of rotatable bonds is 1. The molecular weight excluding hydrogens is 192 g/mol. The van der Waals surface area contributed by atoms with Crippen LogP contribution in [-0.4, -0.2) is 22.0 Å². The second kappa shape index (κ2) is 2.40. The highest BCUT2D eigenvalue weighted by atomic mass is 32.2. The van der Waals surface area contributed by atoms with Crippen LogP contribution in [0.25, 0.3) is 0 Å². The van der Waals surface area contributed by atoms with E-state index in [0.29, 0.717) is 0 Å². The molecule has 76 valence electrons. The van der Waals surface area contributed by atoms with Gasteiger partial charge in [0.1, 0.15) is 0 Å². The molecule has 0 bridgehead atoms. The standard InChI is InChI=1S/C9H15F2NS/c1-7(2)6(3-4-13-7)8(12)5-9(8,10)11/h6H,3-5,12H2,1-2H3. The first-order valence-electron chi connectivity index (χ1n) is 4.60. The summed E-state index contributed by atoms with van der Waals surface area (Å²) in [5.74, 6) is -1.67. The van der Waals surface area contributed by atoms with Crippen LogP contribution < -0.4 is 5.73 Å². The maximum atomic E-state index is 13.0. The van der Waals surface area contributed by atoms with Crippen LogP contribution in [0.4, 0.5) is 8.78 Å². The molecule has 1 heterocycles. The lowest BCUT2D eigenvalue weighted by atomic mass is 9.84. The van der Waals surface area contributed by atoms with Crippen molar-refractivity contribution < 1.29 is 8.78 Å². The number of thioether (sulfide) groups is 1. The van der Waals surface area contributed by atoms with E-state index in [1.807, 2.05) is 13.8 Å². The second-order valence-electron chi connectivity index (χ2n) is 4.71. The Labute approximate surface area is 81.4 Å². The van der Waals surface area contributed by atoms with Gasteiger partial charge < -0.3 is 5.73 Å². The van der Waals surface area contributed by atoms with E-state index >= 15 is 0 Å². The Morgan fingerprint density at radius 2 is 1.92 bits per heavy atom. The van der Waals surface area contributed by atoms with E-state index in [0.717, 1.165) is 12.2 Å². The zero-order valence-electron chi connectivity index (χ0n) is 7.94. The molecular formula is C9H15F2NS. The summed E-state index contributed by atoms with van der Waals surface area (Å²) in [5.41, 5.74) is 4.55. The van der Waals surface area contributed by atoms with Crippen LogP contribution in [0.5, 0.6) is 0 Å². The third-order valence-electron chi connectivity index (χ3n) is 3.41. The molecule has 2 aliphatic rings. The van der Waals surface area contributed by atoms with Gasteiger partial charge in [0.25, 0.3) is 5.92 Å². The van der Waals surface area contributed by atoms with Crippen molar-refractivity contribution in [3.8, 4) is 0 Å². The molecule has 0 aromatic rings. The van der Waals surface area contributed by atoms with Gasteiger partial charge in [-0.25, -0.2) is 8.78 Å². The van der Waals surface area contributed by atoms with E-state index in [-0.39, 0.29) is 17.1 Å². The maximum Gasteiger partial charge on any atom is 0.268 e. The molecule has 2 N–H and O–H groups in total. The lowest BCUT2D eigenvalue weighted by Gasteiger charge is -2.31. The first-order valence-corrected chi connectivity index (χ1v) is 5.59. The Bertz CT molecular complexity index is 242. The Kier molecular flexibility index (Phi) is 1.79. The molecule has 1 nitrogen and oxygen atoms in total.